The van der Waals surface area contributed by atoms with Crippen molar-refractivity contribution in [2.45, 2.75) is 39.2 Å². The first-order valence-electron chi connectivity index (χ1n) is 7.43. The quantitative estimate of drug-likeness (QED) is 0.892. The third-order valence-corrected chi connectivity index (χ3v) is 4.32. The van der Waals surface area contributed by atoms with Crippen molar-refractivity contribution in [1.29, 1.82) is 0 Å². The average molecular weight is 307 g/mol. The summed E-state index contributed by atoms with van der Waals surface area (Å²) in [6.07, 6.45) is 4.45. The molecular formula is C16H23ClN4. The molecule has 0 spiro atoms. The summed E-state index contributed by atoms with van der Waals surface area (Å²) in [7, 11) is 3.91. The van der Waals surface area contributed by atoms with E-state index in [1.807, 2.05) is 31.0 Å². The average Bonchev–Trinajstić information content (AvgIpc) is 2.79. The summed E-state index contributed by atoms with van der Waals surface area (Å²) < 4.78 is 1.89. The van der Waals surface area contributed by atoms with Gasteiger partial charge in [-0.3, -0.25) is 9.67 Å². The van der Waals surface area contributed by atoms with Gasteiger partial charge in [-0.2, -0.15) is 5.10 Å². The molecule has 1 unspecified atom stereocenters. The molecule has 0 saturated heterocycles. The Balaban J connectivity index is 2.34. The van der Waals surface area contributed by atoms with Gasteiger partial charge in [0.1, 0.15) is 0 Å². The zero-order chi connectivity index (χ0) is 15.4. The first-order chi connectivity index (χ1) is 10.1. The lowest BCUT2D eigenvalue weighted by Gasteiger charge is -2.18. The number of pyridine rings is 1. The SMILES string of the molecule is CCc1cccnc1C(Cc1c(Cl)c(CC)nn1C)NC. The predicted octanol–water partition coefficient (Wildman–Crippen LogP) is 3.10. The molecule has 0 radical (unpaired) electrons. The maximum Gasteiger partial charge on any atom is 0.0850 e. The highest BCUT2D eigenvalue weighted by Crippen LogP contribution is 2.26. The van der Waals surface area contributed by atoms with Gasteiger partial charge in [0.2, 0.25) is 0 Å². The van der Waals surface area contributed by atoms with E-state index in [1.54, 1.807) is 0 Å². The summed E-state index contributed by atoms with van der Waals surface area (Å²) in [6, 6.07) is 4.26. The number of rotatable bonds is 6. The van der Waals surface area contributed by atoms with Crippen LogP contribution in [0.15, 0.2) is 18.3 Å². The number of halogens is 1. The molecule has 21 heavy (non-hydrogen) atoms. The molecule has 1 atom stereocenters. The third kappa shape index (κ3) is 3.27. The lowest BCUT2D eigenvalue weighted by atomic mass is 10.0. The van der Waals surface area contributed by atoms with Gasteiger partial charge in [0.25, 0.3) is 0 Å². The molecule has 0 fully saturated rings. The Labute approximate surface area is 131 Å². The Morgan fingerprint density at radius 2 is 2.10 bits per heavy atom. The van der Waals surface area contributed by atoms with Crippen LogP contribution in [0.3, 0.4) is 0 Å². The van der Waals surface area contributed by atoms with Crippen LogP contribution in [0.25, 0.3) is 0 Å². The predicted molar refractivity (Wildman–Crippen MR) is 86.7 cm³/mol. The lowest BCUT2D eigenvalue weighted by Crippen LogP contribution is -2.22. The Morgan fingerprint density at radius 1 is 1.33 bits per heavy atom. The summed E-state index contributed by atoms with van der Waals surface area (Å²) in [6.45, 7) is 4.22. The van der Waals surface area contributed by atoms with Crippen molar-refractivity contribution >= 4 is 11.6 Å². The second-order valence-electron chi connectivity index (χ2n) is 5.13. The minimum absolute atomic E-state index is 0.138. The van der Waals surface area contributed by atoms with E-state index in [-0.39, 0.29) is 6.04 Å². The van der Waals surface area contributed by atoms with Crippen LogP contribution >= 0.6 is 11.6 Å². The smallest absolute Gasteiger partial charge is 0.0850 e. The van der Waals surface area contributed by atoms with Crippen molar-refractivity contribution < 1.29 is 0 Å². The monoisotopic (exact) mass is 306 g/mol. The summed E-state index contributed by atoms with van der Waals surface area (Å²) in [5.41, 5.74) is 4.38. The third-order valence-electron chi connectivity index (χ3n) is 3.89. The maximum atomic E-state index is 6.46. The normalized spacial score (nSPS) is 12.6. The zero-order valence-corrected chi connectivity index (χ0v) is 13.9. The van der Waals surface area contributed by atoms with Crippen molar-refractivity contribution in [3.05, 3.63) is 46.0 Å². The van der Waals surface area contributed by atoms with Crippen LogP contribution in [-0.2, 0) is 26.3 Å². The van der Waals surface area contributed by atoms with E-state index in [1.165, 1.54) is 5.56 Å². The lowest BCUT2D eigenvalue weighted by molar-refractivity contribution is 0.544. The molecule has 0 amide bonds. The van der Waals surface area contributed by atoms with Crippen molar-refractivity contribution in [2.75, 3.05) is 7.05 Å². The van der Waals surface area contributed by atoms with Crippen LogP contribution in [0.4, 0.5) is 0 Å². The van der Waals surface area contributed by atoms with Crippen LogP contribution in [-0.4, -0.2) is 21.8 Å². The van der Waals surface area contributed by atoms with Crippen LogP contribution in [0, 0.1) is 0 Å². The molecule has 1 N–H and O–H groups in total. The van der Waals surface area contributed by atoms with E-state index >= 15 is 0 Å². The van der Waals surface area contributed by atoms with Crippen molar-refractivity contribution in [3.8, 4) is 0 Å². The fourth-order valence-corrected chi connectivity index (χ4v) is 3.00. The standard InChI is InChI=1S/C16H23ClN4/c1-5-11-8-7-9-19-16(11)13(18-3)10-14-15(17)12(6-2)20-21(14)4/h7-9,13,18H,5-6,10H2,1-4H3. The molecule has 4 nitrogen and oxygen atoms in total. The molecular weight excluding hydrogens is 284 g/mol. The zero-order valence-electron chi connectivity index (χ0n) is 13.2. The van der Waals surface area contributed by atoms with E-state index in [0.29, 0.717) is 0 Å². The van der Waals surface area contributed by atoms with Gasteiger partial charge >= 0.3 is 0 Å². The van der Waals surface area contributed by atoms with Crippen molar-refractivity contribution in [1.82, 2.24) is 20.1 Å². The number of aromatic nitrogens is 3. The molecule has 2 aromatic heterocycles. The van der Waals surface area contributed by atoms with Gasteiger partial charge in [-0.25, -0.2) is 0 Å². The molecule has 5 heteroatoms. The Hall–Kier alpha value is -1.39. The van der Waals surface area contributed by atoms with E-state index in [0.717, 1.165) is 41.4 Å². The molecule has 0 aliphatic rings. The minimum atomic E-state index is 0.138. The minimum Gasteiger partial charge on any atom is -0.311 e. The Bertz CT molecular complexity index is 606. The summed E-state index contributed by atoms with van der Waals surface area (Å²) in [4.78, 5) is 4.57. The molecule has 2 heterocycles. The van der Waals surface area contributed by atoms with Gasteiger partial charge in [-0.15, -0.1) is 0 Å². The molecule has 0 aliphatic carbocycles. The number of aryl methyl sites for hydroxylation is 3. The fourth-order valence-electron chi connectivity index (χ4n) is 2.63. The number of likely N-dealkylation sites (N-methyl/N-ethyl adjacent to an activating group) is 1. The van der Waals surface area contributed by atoms with E-state index in [2.05, 4.69) is 35.3 Å². The Morgan fingerprint density at radius 3 is 2.67 bits per heavy atom. The van der Waals surface area contributed by atoms with E-state index in [9.17, 15) is 0 Å². The first kappa shape index (κ1) is 16.0. The van der Waals surface area contributed by atoms with Gasteiger partial charge in [-0.1, -0.05) is 31.5 Å². The van der Waals surface area contributed by atoms with Gasteiger partial charge in [-0.05, 0) is 31.5 Å². The van der Waals surface area contributed by atoms with Crippen LogP contribution < -0.4 is 5.32 Å². The van der Waals surface area contributed by atoms with Gasteiger partial charge in [0, 0.05) is 19.7 Å². The largest absolute Gasteiger partial charge is 0.311 e. The first-order valence-corrected chi connectivity index (χ1v) is 7.81. The highest BCUT2D eigenvalue weighted by Gasteiger charge is 2.20. The van der Waals surface area contributed by atoms with Crippen LogP contribution in [0.1, 0.15) is 42.5 Å². The highest BCUT2D eigenvalue weighted by atomic mass is 35.5. The summed E-state index contributed by atoms with van der Waals surface area (Å²) in [5.74, 6) is 0. The molecule has 0 saturated carbocycles. The molecule has 114 valence electrons. The topological polar surface area (TPSA) is 42.7 Å². The fraction of sp³-hybridized carbons (Fsp3) is 0.500. The van der Waals surface area contributed by atoms with Crippen LogP contribution in [0.5, 0.6) is 0 Å². The number of nitrogens with one attached hydrogen (secondary N) is 1. The second kappa shape index (κ2) is 7.05. The number of hydrogen-bond acceptors (Lipinski definition) is 3. The second-order valence-corrected chi connectivity index (χ2v) is 5.51. The molecule has 0 aromatic carbocycles. The maximum absolute atomic E-state index is 6.46. The number of nitrogens with zero attached hydrogens (tertiary/aromatic N) is 3. The summed E-state index contributed by atoms with van der Waals surface area (Å²) >= 11 is 6.46. The van der Waals surface area contributed by atoms with E-state index in [4.69, 9.17) is 11.6 Å². The van der Waals surface area contributed by atoms with Gasteiger partial charge < -0.3 is 5.32 Å². The van der Waals surface area contributed by atoms with Crippen molar-refractivity contribution in [2.24, 2.45) is 7.05 Å². The summed E-state index contributed by atoms with van der Waals surface area (Å²) in [5, 5.41) is 8.64. The number of hydrogen-bond donors (Lipinski definition) is 1. The molecule has 0 aliphatic heterocycles. The van der Waals surface area contributed by atoms with E-state index < -0.39 is 0 Å². The Kier molecular flexibility index (Phi) is 5.37. The highest BCUT2D eigenvalue weighted by molar-refractivity contribution is 6.31. The molecule has 0 bridgehead atoms. The van der Waals surface area contributed by atoms with Gasteiger partial charge in [0.05, 0.1) is 28.1 Å². The molecule has 2 aromatic rings. The molecule has 2 rings (SSSR count). The van der Waals surface area contributed by atoms with Gasteiger partial charge in [0.15, 0.2) is 0 Å². The van der Waals surface area contributed by atoms with Crippen LogP contribution in [0.2, 0.25) is 5.02 Å². The van der Waals surface area contributed by atoms with Crippen molar-refractivity contribution in [3.63, 3.8) is 0 Å².